The Hall–Kier alpha value is -4.20. The van der Waals surface area contributed by atoms with Crippen LogP contribution in [0.15, 0.2) is 89.1 Å². The van der Waals surface area contributed by atoms with Gasteiger partial charge in [-0.1, -0.05) is 81.4 Å². The van der Waals surface area contributed by atoms with Gasteiger partial charge in [-0.3, -0.25) is 9.78 Å². The van der Waals surface area contributed by atoms with Gasteiger partial charge >= 0.3 is 6.03 Å². The molecule has 3 aromatic rings. The predicted octanol–water partition coefficient (Wildman–Crippen LogP) is 3.95. The fourth-order valence-corrected chi connectivity index (χ4v) is 6.63. The molecule has 0 aliphatic carbocycles. The highest BCUT2D eigenvalue weighted by Gasteiger charge is 2.33. The summed E-state index contributed by atoms with van der Waals surface area (Å²) in [6.07, 6.45) is 0.553. The quantitative estimate of drug-likeness (QED) is 0.184. The van der Waals surface area contributed by atoms with E-state index in [0.29, 0.717) is 11.3 Å². The minimum Gasteiger partial charge on any atom is -0.390 e. The lowest BCUT2D eigenvalue weighted by atomic mass is 9.98. The van der Waals surface area contributed by atoms with Gasteiger partial charge in [0, 0.05) is 26.3 Å². The van der Waals surface area contributed by atoms with Crippen molar-refractivity contribution in [2.24, 2.45) is 17.0 Å². The average molecular weight is 667 g/mol. The largest absolute Gasteiger partial charge is 0.390 e. The molecule has 3 rings (SSSR count). The minimum absolute atomic E-state index is 0.0149. The molecular weight excluding hydrogens is 620 g/mol. The maximum Gasteiger partial charge on any atom is 0.318 e. The molecule has 0 saturated heterocycles. The number of hydrogen-bond acceptors (Lipinski definition) is 8. The number of urea groups is 1. The Morgan fingerprint density at radius 3 is 2.13 bits per heavy atom. The maximum absolute atomic E-state index is 13.8. The smallest absolute Gasteiger partial charge is 0.318 e. The van der Waals surface area contributed by atoms with Crippen LogP contribution in [-0.2, 0) is 34.3 Å². The molecule has 0 bridgehead atoms. The Morgan fingerprint density at radius 1 is 0.894 bits per heavy atom. The lowest BCUT2D eigenvalue weighted by molar-refractivity contribution is -0.125. The van der Waals surface area contributed by atoms with Crippen molar-refractivity contribution < 1.29 is 23.1 Å². The molecule has 3 N–H and O–H groups in total. The first kappa shape index (κ1) is 37.3. The van der Waals surface area contributed by atoms with Crippen molar-refractivity contribution in [1.82, 2.24) is 24.8 Å². The molecule has 12 nitrogen and oxygen atoms in total. The SMILES string of the molecule is CC(C)CN(C[C@@H](O)[C@H](Cc1ccccc1)NC(=O)[C@@H](NC(=O)N(C)Cc1ccccn1)C(C)C)S(=O)(=O)c1ccc(CN=O)cc1. The average Bonchev–Trinajstić information content (AvgIpc) is 3.03. The van der Waals surface area contributed by atoms with E-state index in [4.69, 9.17) is 0 Å². The van der Waals surface area contributed by atoms with Crippen molar-refractivity contribution in [2.45, 2.75) is 70.3 Å². The second-order valence-electron chi connectivity index (χ2n) is 12.4. The number of nitrogens with one attached hydrogen (secondary N) is 2. The lowest BCUT2D eigenvalue weighted by Crippen LogP contribution is -2.58. The molecule has 1 aromatic heterocycles. The highest BCUT2D eigenvalue weighted by atomic mass is 32.2. The van der Waals surface area contributed by atoms with Crippen LogP contribution in [0.2, 0.25) is 0 Å². The summed E-state index contributed by atoms with van der Waals surface area (Å²) in [6.45, 7) is 7.35. The van der Waals surface area contributed by atoms with Gasteiger partial charge in [0.05, 0.1) is 29.3 Å². The van der Waals surface area contributed by atoms with E-state index in [1.165, 1.54) is 33.5 Å². The minimum atomic E-state index is -4.05. The van der Waals surface area contributed by atoms with Crippen LogP contribution in [0.1, 0.15) is 44.5 Å². The van der Waals surface area contributed by atoms with Gasteiger partial charge < -0.3 is 20.6 Å². The first-order chi connectivity index (χ1) is 22.3. The summed E-state index contributed by atoms with van der Waals surface area (Å²) in [6, 6.07) is 18.3. The second kappa shape index (κ2) is 17.6. The zero-order valence-electron chi connectivity index (χ0n) is 27.6. The molecule has 0 saturated carbocycles. The molecular formula is C34H46N6O6S. The number of carbonyl (C=O) groups is 2. The first-order valence-corrected chi connectivity index (χ1v) is 17.1. The van der Waals surface area contributed by atoms with Gasteiger partial charge in [0.15, 0.2) is 0 Å². The molecule has 3 amide bonds. The third kappa shape index (κ3) is 11.2. The van der Waals surface area contributed by atoms with E-state index in [1.54, 1.807) is 39.2 Å². The number of rotatable bonds is 17. The Labute approximate surface area is 277 Å². The summed E-state index contributed by atoms with van der Waals surface area (Å²) in [5.41, 5.74) is 2.10. The number of pyridine rings is 1. The maximum atomic E-state index is 13.8. The lowest BCUT2D eigenvalue weighted by Gasteiger charge is -2.32. The summed E-state index contributed by atoms with van der Waals surface area (Å²) >= 11 is 0. The molecule has 13 heteroatoms. The molecule has 2 aromatic carbocycles. The molecule has 254 valence electrons. The Morgan fingerprint density at radius 2 is 1.55 bits per heavy atom. The number of sulfonamides is 1. The summed E-state index contributed by atoms with van der Waals surface area (Å²) < 4.78 is 28.8. The molecule has 0 spiro atoms. The molecule has 0 unspecified atom stereocenters. The third-order valence-corrected chi connectivity index (χ3v) is 9.40. The second-order valence-corrected chi connectivity index (χ2v) is 14.3. The van der Waals surface area contributed by atoms with Gasteiger partial charge in [0.1, 0.15) is 12.6 Å². The Bertz CT molecular complexity index is 1540. The van der Waals surface area contributed by atoms with E-state index in [0.717, 1.165) is 5.56 Å². The number of nitrogens with zero attached hydrogens (tertiary/aromatic N) is 4. The number of nitroso groups, excluding NO2 is 1. The molecule has 47 heavy (non-hydrogen) atoms. The molecule has 0 aliphatic rings. The van der Waals surface area contributed by atoms with Gasteiger partial charge in [-0.05, 0) is 53.6 Å². The van der Waals surface area contributed by atoms with E-state index in [-0.39, 0.29) is 49.3 Å². The fraction of sp³-hybridized carbons (Fsp3) is 0.441. The third-order valence-electron chi connectivity index (χ3n) is 7.56. The zero-order chi connectivity index (χ0) is 34.6. The molecule has 0 radical (unpaired) electrons. The predicted molar refractivity (Wildman–Crippen MR) is 180 cm³/mol. The van der Waals surface area contributed by atoms with Crippen molar-refractivity contribution >= 4 is 22.0 Å². The molecule has 3 atom stereocenters. The van der Waals surface area contributed by atoms with Crippen LogP contribution in [0.3, 0.4) is 0 Å². The number of aliphatic hydroxyl groups is 1. The first-order valence-electron chi connectivity index (χ1n) is 15.6. The Kier molecular flexibility index (Phi) is 14.0. The number of carbonyl (C=O) groups excluding carboxylic acids is 2. The Balaban J connectivity index is 1.84. The standard InChI is InChI=1S/C34H46N6O6S/c1-24(2)21-40(47(45,46)29-16-14-27(15-17-29)20-36-44)23-31(41)30(19-26-11-7-6-8-12-26)37-33(42)32(25(3)4)38-34(43)39(5)22-28-13-9-10-18-35-28/h6-18,24-25,30-32,41H,19-23H2,1-5H3,(H,37,42)(H,38,43)/t30-,31+,32-/m0/s1. The molecule has 0 fully saturated rings. The number of benzene rings is 2. The summed E-state index contributed by atoms with van der Waals surface area (Å²) in [5, 5.41) is 20.2. The van der Waals surface area contributed by atoms with Crippen LogP contribution < -0.4 is 10.6 Å². The van der Waals surface area contributed by atoms with E-state index in [2.05, 4.69) is 20.8 Å². The molecule has 1 heterocycles. The van der Waals surface area contributed by atoms with Crippen molar-refractivity contribution in [3.05, 3.63) is 101 Å². The van der Waals surface area contributed by atoms with Crippen molar-refractivity contribution in [1.29, 1.82) is 0 Å². The zero-order valence-corrected chi connectivity index (χ0v) is 28.4. The van der Waals surface area contributed by atoms with E-state index in [1.807, 2.05) is 50.2 Å². The highest BCUT2D eigenvalue weighted by molar-refractivity contribution is 7.89. The number of aliphatic hydroxyl groups excluding tert-OH is 1. The van der Waals surface area contributed by atoms with Crippen LogP contribution in [-0.4, -0.2) is 78.0 Å². The van der Waals surface area contributed by atoms with Gasteiger partial charge in [0.25, 0.3) is 0 Å². The number of amides is 3. The normalized spacial score (nSPS) is 13.6. The summed E-state index contributed by atoms with van der Waals surface area (Å²) in [4.78, 5) is 43.2. The summed E-state index contributed by atoms with van der Waals surface area (Å²) in [7, 11) is -2.45. The van der Waals surface area contributed by atoms with Gasteiger partial charge in [-0.15, -0.1) is 0 Å². The number of aromatic nitrogens is 1. The van der Waals surface area contributed by atoms with Crippen molar-refractivity contribution in [3.8, 4) is 0 Å². The van der Waals surface area contributed by atoms with Crippen LogP contribution in [0.4, 0.5) is 4.79 Å². The van der Waals surface area contributed by atoms with Gasteiger partial charge in [-0.25, -0.2) is 13.2 Å². The summed E-state index contributed by atoms with van der Waals surface area (Å²) in [5.74, 6) is -0.870. The van der Waals surface area contributed by atoms with Crippen LogP contribution >= 0.6 is 0 Å². The van der Waals surface area contributed by atoms with Crippen LogP contribution in [0, 0.1) is 16.7 Å². The van der Waals surface area contributed by atoms with Crippen molar-refractivity contribution in [3.63, 3.8) is 0 Å². The van der Waals surface area contributed by atoms with E-state index in [9.17, 15) is 28.0 Å². The van der Waals surface area contributed by atoms with Crippen LogP contribution in [0.25, 0.3) is 0 Å². The van der Waals surface area contributed by atoms with E-state index < -0.39 is 40.1 Å². The molecule has 0 aliphatic heterocycles. The monoisotopic (exact) mass is 666 g/mol. The fourth-order valence-electron chi connectivity index (χ4n) is 5.01. The highest BCUT2D eigenvalue weighted by Crippen LogP contribution is 2.20. The number of hydrogen-bond donors (Lipinski definition) is 3. The van der Waals surface area contributed by atoms with Crippen molar-refractivity contribution in [2.75, 3.05) is 20.1 Å². The van der Waals surface area contributed by atoms with Gasteiger partial charge in [-0.2, -0.15) is 9.21 Å². The van der Waals surface area contributed by atoms with E-state index >= 15 is 0 Å². The van der Waals surface area contributed by atoms with Crippen LogP contribution in [0.5, 0.6) is 0 Å². The topological polar surface area (TPSA) is 161 Å². The van der Waals surface area contributed by atoms with Gasteiger partial charge in [0.2, 0.25) is 15.9 Å².